The Morgan fingerprint density at radius 2 is 2.16 bits per heavy atom. The number of nitrogens with one attached hydrogen (secondary N) is 1. The van der Waals surface area contributed by atoms with Gasteiger partial charge in [-0.25, -0.2) is 0 Å². The summed E-state index contributed by atoms with van der Waals surface area (Å²) in [5.74, 6) is 0. The third kappa shape index (κ3) is 4.09. The third-order valence-corrected chi connectivity index (χ3v) is 4.42. The first-order valence-corrected chi connectivity index (χ1v) is 7.68. The van der Waals surface area contributed by atoms with E-state index in [0.717, 1.165) is 25.9 Å². The second-order valence-electron chi connectivity index (χ2n) is 5.20. The molecule has 0 bridgehead atoms. The van der Waals surface area contributed by atoms with Crippen LogP contribution >= 0.6 is 23.2 Å². The Morgan fingerprint density at radius 3 is 2.79 bits per heavy atom. The van der Waals surface area contributed by atoms with E-state index >= 15 is 0 Å². The summed E-state index contributed by atoms with van der Waals surface area (Å²) in [6.45, 7) is 5.16. The van der Waals surface area contributed by atoms with E-state index in [1.54, 1.807) is 0 Å². The second kappa shape index (κ2) is 6.94. The van der Waals surface area contributed by atoms with Crippen molar-refractivity contribution < 1.29 is 4.74 Å². The molecule has 1 aromatic carbocycles. The van der Waals surface area contributed by atoms with Gasteiger partial charge in [0.15, 0.2) is 0 Å². The number of hydrogen-bond acceptors (Lipinski definition) is 2. The first kappa shape index (κ1) is 15.1. The van der Waals surface area contributed by atoms with Crippen molar-refractivity contribution in [3.63, 3.8) is 0 Å². The third-order valence-electron chi connectivity index (χ3n) is 3.68. The van der Waals surface area contributed by atoms with Crippen LogP contribution in [0.1, 0.15) is 44.7 Å². The topological polar surface area (TPSA) is 21.3 Å². The molecule has 3 unspecified atom stereocenters. The number of ether oxygens (including phenoxy) is 1. The van der Waals surface area contributed by atoms with Crippen LogP contribution in [0.3, 0.4) is 0 Å². The van der Waals surface area contributed by atoms with Crippen LogP contribution in [0.4, 0.5) is 0 Å². The smallest absolute Gasteiger partial charge is 0.0595 e. The lowest BCUT2D eigenvalue weighted by molar-refractivity contribution is 0.0111. The Morgan fingerprint density at radius 1 is 1.37 bits per heavy atom. The molecule has 19 heavy (non-hydrogen) atoms. The van der Waals surface area contributed by atoms with Gasteiger partial charge in [-0.3, -0.25) is 0 Å². The van der Waals surface area contributed by atoms with Crippen LogP contribution in [-0.4, -0.2) is 18.8 Å². The van der Waals surface area contributed by atoms with E-state index < -0.39 is 0 Å². The highest BCUT2D eigenvalue weighted by molar-refractivity contribution is 6.42. The molecule has 0 spiro atoms. The van der Waals surface area contributed by atoms with E-state index in [2.05, 4.69) is 25.2 Å². The molecule has 0 aromatic heterocycles. The molecule has 0 amide bonds. The van der Waals surface area contributed by atoms with Gasteiger partial charge < -0.3 is 10.1 Å². The standard InChI is InChI=1S/C15H21Cl2NO/c1-3-15(11-4-5-13(16)14(17)9-11)18-12-6-7-19-10(2)8-12/h4-5,9-10,12,15,18H,3,6-8H2,1-2H3. The van der Waals surface area contributed by atoms with Crippen molar-refractivity contribution in [2.45, 2.75) is 51.3 Å². The maximum atomic E-state index is 6.10. The van der Waals surface area contributed by atoms with Crippen molar-refractivity contribution in [2.24, 2.45) is 0 Å². The molecule has 106 valence electrons. The van der Waals surface area contributed by atoms with Crippen LogP contribution < -0.4 is 5.32 Å². The molecule has 0 saturated carbocycles. The highest BCUT2D eigenvalue weighted by atomic mass is 35.5. The van der Waals surface area contributed by atoms with E-state index in [0.29, 0.717) is 28.2 Å². The van der Waals surface area contributed by atoms with Crippen molar-refractivity contribution in [2.75, 3.05) is 6.61 Å². The highest BCUT2D eigenvalue weighted by Crippen LogP contribution is 2.28. The molecule has 4 heteroatoms. The van der Waals surface area contributed by atoms with Gasteiger partial charge in [0.1, 0.15) is 0 Å². The zero-order valence-corrected chi connectivity index (χ0v) is 13.0. The molecule has 3 atom stereocenters. The molecule has 1 aliphatic heterocycles. The minimum absolute atomic E-state index is 0.324. The average Bonchev–Trinajstić information content (AvgIpc) is 2.39. The number of benzene rings is 1. The quantitative estimate of drug-likeness (QED) is 0.877. The van der Waals surface area contributed by atoms with E-state index in [1.807, 2.05) is 12.1 Å². The molecule has 1 saturated heterocycles. The predicted molar refractivity (Wildman–Crippen MR) is 81.1 cm³/mol. The fraction of sp³-hybridized carbons (Fsp3) is 0.600. The lowest BCUT2D eigenvalue weighted by Gasteiger charge is -2.31. The van der Waals surface area contributed by atoms with Crippen LogP contribution in [0, 0.1) is 0 Å². The Hall–Kier alpha value is -0.280. The van der Waals surface area contributed by atoms with Gasteiger partial charge in [-0.1, -0.05) is 36.2 Å². The Balaban J connectivity index is 2.04. The summed E-state index contributed by atoms with van der Waals surface area (Å²) in [5, 5.41) is 4.95. The van der Waals surface area contributed by atoms with Crippen molar-refractivity contribution in [1.29, 1.82) is 0 Å². The summed E-state index contributed by atoms with van der Waals surface area (Å²) in [7, 11) is 0. The zero-order valence-electron chi connectivity index (χ0n) is 11.5. The predicted octanol–water partition coefficient (Wildman–Crippen LogP) is 4.60. The summed E-state index contributed by atoms with van der Waals surface area (Å²) in [4.78, 5) is 0. The van der Waals surface area contributed by atoms with E-state index in [9.17, 15) is 0 Å². The van der Waals surface area contributed by atoms with Gasteiger partial charge in [0.25, 0.3) is 0 Å². The summed E-state index contributed by atoms with van der Waals surface area (Å²) < 4.78 is 5.59. The summed E-state index contributed by atoms with van der Waals surface area (Å²) in [6, 6.07) is 6.73. The normalized spacial score (nSPS) is 25.3. The summed E-state index contributed by atoms with van der Waals surface area (Å²) in [5.41, 5.74) is 1.20. The highest BCUT2D eigenvalue weighted by Gasteiger charge is 2.22. The first-order valence-electron chi connectivity index (χ1n) is 6.92. The first-order chi connectivity index (χ1) is 9.10. The van der Waals surface area contributed by atoms with Gasteiger partial charge in [0.2, 0.25) is 0 Å². The number of halogens is 2. The van der Waals surface area contributed by atoms with Crippen molar-refractivity contribution in [1.82, 2.24) is 5.32 Å². The Bertz CT molecular complexity index is 425. The van der Waals surface area contributed by atoms with Crippen LogP contribution in [0.25, 0.3) is 0 Å². The van der Waals surface area contributed by atoms with Crippen LogP contribution in [-0.2, 0) is 4.74 Å². The maximum absolute atomic E-state index is 6.10. The van der Waals surface area contributed by atoms with E-state index in [1.165, 1.54) is 5.56 Å². The number of rotatable bonds is 4. The summed E-state index contributed by atoms with van der Waals surface area (Å²) >= 11 is 12.1. The van der Waals surface area contributed by atoms with Crippen LogP contribution in [0.2, 0.25) is 10.0 Å². The summed E-state index contributed by atoms with van der Waals surface area (Å²) in [6.07, 6.45) is 3.52. The average molecular weight is 302 g/mol. The van der Waals surface area contributed by atoms with Crippen molar-refractivity contribution in [3.8, 4) is 0 Å². The second-order valence-corrected chi connectivity index (χ2v) is 6.02. The SMILES string of the molecule is CCC(NC1CCOC(C)C1)c1ccc(Cl)c(Cl)c1. The monoisotopic (exact) mass is 301 g/mol. The van der Waals surface area contributed by atoms with E-state index in [-0.39, 0.29) is 0 Å². The maximum Gasteiger partial charge on any atom is 0.0595 e. The lowest BCUT2D eigenvalue weighted by Crippen LogP contribution is -2.39. The fourth-order valence-corrected chi connectivity index (χ4v) is 2.92. The van der Waals surface area contributed by atoms with Gasteiger partial charge >= 0.3 is 0 Å². The molecular weight excluding hydrogens is 281 g/mol. The molecule has 0 radical (unpaired) electrons. The molecular formula is C15H21Cl2NO. The molecule has 1 aliphatic rings. The fourth-order valence-electron chi connectivity index (χ4n) is 2.61. The van der Waals surface area contributed by atoms with Crippen LogP contribution in [0.5, 0.6) is 0 Å². The van der Waals surface area contributed by atoms with E-state index in [4.69, 9.17) is 27.9 Å². The van der Waals surface area contributed by atoms with Crippen molar-refractivity contribution >= 4 is 23.2 Å². The van der Waals surface area contributed by atoms with Gasteiger partial charge in [-0.15, -0.1) is 0 Å². The Kier molecular flexibility index (Phi) is 5.52. The van der Waals surface area contributed by atoms with Gasteiger partial charge in [-0.05, 0) is 43.9 Å². The lowest BCUT2D eigenvalue weighted by atomic mass is 9.99. The molecule has 2 rings (SSSR count). The zero-order chi connectivity index (χ0) is 13.8. The minimum atomic E-state index is 0.324. The van der Waals surface area contributed by atoms with Gasteiger partial charge in [-0.2, -0.15) is 0 Å². The molecule has 1 heterocycles. The minimum Gasteiger partial charge on any atom is -0.378 e. The van der Waals surface area contributed by atoms with Gasteiger partial charge in [0.05, 0.1) is 16.1 Å². The number of hydrogen-bond donors (Lipinski definition) is 1. The molecule has 1 aromatic rings. The van der Waals surface area contributed by atoms with Crippen molar-refractivity contribution in [3.05, 3.63) is 33.8 Å². The molecule has 2 nitrogen and oxygen atoms in total. The Labute approximate surface area is 125 Å². The van der Waals surface area contributed by atoms with Gasteiger partial charge in [0, 0.05) is 18.7 Å². The molecule has 1 N–H and O–H groups in total. The molecule has 1 fully saturated rings. The molecule has 0 aliphatic carbocycles. The van der Waals surface area contributed by atoms with Crippen LogP contribution in [0.15, 0.2) is 18.2 Å². The largest absolute Gasteiger partial charge is 0.378 e.